The second kappa shape index (κ2) is 10.1. The van der Waals surface area contributed by atoms with Crippen LogP contribution in [0.4, 0.5) is 14.9 Å². The molecule has 35 heavy (non-hydrogen) atoms. The van der Waals surface area contributed by atoms with Crippen molar-refractivity contribution in [1.29, 1.82) is 0 Å². The Bertz CT molecular complexity index is 1370. The van der Waals surface area contributed by atoms with Crippen LogP contribution in [0.5, 0.6) is 11.5 Å². The number of barbiturate groups is 1. The minimum atomic E-state index is -0.817. The van der Waals surface area contributed by atoms with Crippen molar-refractivity contribution in [1.82, 2.24) is 5.32 Å². The van der Waals surface area contributed by atoms with Crippen LogP contribution in [0.2, 0.25) is 0 Å². The molecule has 3 aromatic carbocycles. The summed E-state index contributed by atoms with van der Waals surface area (Å²) in [6.45, 7) is 1.93. The predicted octanol–water partition coefficient (Wildman–Crippen LogP) is 5.15. The molecule has 1 fully saturated rings. The topological polar surface area (TPSA) is 84.9 Å². The maximum Gasteiger partial charge on any atom is 0.335 e. The first-order valence-corrected chi connectivity index (χ1v) is 11.3. The molecule has 7 nitrogen and oxygen atoms in total. The molecule has 0 saturated carbocycles. The lowest BCUT2D eigenvalue weighted by molar-refractivity contribution is -0.122. The number of hydrogen-bond donors (Lipinski definition) is 1. The average Bonchev–Trinajstić information content (AvgIpc) is 2.80. The minimum Gasteiger partial charge on any atom is -0.493 e. The van der Waals surface area contributed by atoms with E-state index in [2.05, 4.69) is 21.2 Å². The number of urea groups is 1. The maximum absolute atomic E-state index is 13.5. The monoisotopic (exact) mass is 538 g/mol. The molecule has 0 aromatic heterocycles. The van der Waals surface area contributed by atoms with Gasteiger partial charge in [-0.3, -0.25) is 14.9 Å². The Morgan fingerprint density at radius 2 is 1.83 bits per heavy atom. The second-order valence-corrected chi connectivity index (χ2v) is 8.60. The number of amides is 4. The van der Waals surface area contributed by atoms with E-state index in [0.717, 1.165) is 10.5 Å². The van der Waals surface area contributed by atoms with Gasteiger partial charge in [-0.1, -0.05) is 24.3 Å². The number of anilines is 1. The normalized spacial score (nSPS) is 14.8. The third-order valence-electron chi connectivity index (χ3n) is 5.20. The smallest absolute Gasteiger partial charge is 0.335 e. The van der Waals surface area contributed by atoms with Crippen molar-refractivity contribution in [2.24, 2.45) is 0 Å². The number of rotatable bonds is 6. The second-order valence-electron chi connectivity index (χ2n) is 7.75. The van der Waals surface area contributed by atoms with Crippen LogP contribution in [-0.2, 0) is 16.2 Å². The lowest BCUT2D eigenvalue weighted by Gasteiger charge is -2.26. The Kier molecular flexibility index (Phi) is 6.97. The molecule has 0 atom stereocenters. The van der Waals surface area contributed by atoms with E-state index in [9.17, 15) is 18.8 Å². The number of methoxy groups -OCH3 is 1. The first-order chi connectivity index (χ1) is 16.8. The van der Waals surface area contributed by atoms with Crippen LogP contribution in [0.15, 0.2) is 70.7 Å². The number of hydrogen-bond acceptors (Lipinski definition) is 5. The number of nitrogens with zero attached hydrogens (tertiary/aromatic N) is 1. The lowest BCUT2D eigenvalue weighted by atomic mass is 10.1. The molecule has 1 aliphatic rings. The number of aryl methyl sites for hydroxylation is 1. The molecule has 0 radical (unpaired) electrons. The van der Waals surface area contributed by atoms with Gasteiger partial charge < -0.3 is 9.47 Å². The van der Waals surface area contributed by atoms with Crippen molar-refractivity contribution >= 4 is 45.5 Å². The highest BCUT2D eigenvalue weighted by Gasteiger charge is 2.36. The fraction of sp³-hybridized carbons (Fsp3) is 0.115. The summed E-state index contributed by atoms with van der Waals surface area (Å²) in [7, 11) is 1.45. The van der Waals surface area contributed by atoms with Crippen LogP contribution in [0.3, 0.4) is 0 Å². The molecule has 1 N–H and O–H groups in total. The summed E-state index contributed by atoms with van der Waals surface area (Å²) >= 11 is 3.43. The van der Waals surface area contributed by atoms with Crippen LogP contribution in [0.1, 0.15) is 16.7 Å². The highest BCUT2D eigenvalue weighted by atomic mass is 79.9. The van der Waals surface area contributed by atoms with Gasteiger partial charge in [0.2, 0.25) is 0 Å². The maximum atomic E-state index is 13.5. The van der Waals surface area contributed by atoms with Crippen LogP contribution in [0.25, 0.3) is 6.08 Å². The molecule has 1 saturated heterocycles. The van der Waals surface area contributed by atoms with Crippen molar-refractivity contribution in [2.75, 3.05) is 12.0 Å². The van der Waals surface area contributed by atoms with Gasteiger partial charge in [0.05, 0.1) is 17.3 Å². The van der Waals surface area contributed by atoms with Gasteiger partial charge in [0.25, 0.3) is 11.8 Å². The number of carbonyl (C=O) groups excluding carboxylic acids is 3. The molecule has 4 rings (SSSR count). The quantitative estimate of drug-likeness (QED) is 0.346. The number of halogens is 2. The molecule has 0 unspecified atom stereocenters. The zero-order chi connectivity index (χ0) is 25.1. The molecular weight excluding hydrogens is 519 g/mol. The minimum absolute atomic E-state index is 0.0988. The molecule has 1 aliphatic heterocycles. The molecule has 3 aromatic rings. The Morgan fingerprint density at radius 3 is 2.54 bits per heavy atom. The molecule has 1 heterocycles. The van der Waals surface area contributed by atoms with E-state index in [1.165, 1.54) is 25.3 Å². The lowest BCUT2D eigenvalue weighted by Crippen LogP contribution is -2.54. The van der Waals surface area contributed by atoms with Crippen LogP contribution >= 0.6 is 15.9 Å². The van der Waals surface area contributed by atoms with E-state index in [0.29, 0.717) is 32.8 Å². The van der Waals surface area contributed by atoms with E-state index in [1.54, 1.807) is 42.5 Å². The zero-order valence-electron chi connectivity index (χ0n) is 18.8. The summed E-state index contributed by atoms with van der Waals surface area (Å²) in [5.74, 6) is -1.21. The van der Waals surface area contributed by atoms with Gasteiger partial charge in [0, 0.05) is 0 Å². The Labute approximate surface area is 209 Å². The number of nitrogens with one attached hydrogen (secondary N) is 1. The highest BCUT2D eigenvalue weighted by molar-refractivity contribution is 9.10. The Morgan fingerprint density at radius 1 is 1.06 bits per heavy atom. The van der Waals surface area contributed by atoms with Crippen LogP contribution in [-0.4, -0.2) is 25.0 Å². The standard InChI is InChI=1S/C26H20BrFN2O5/c1-15-5-3-8-19(9-15)30-25(32)20(24(31)29-26(30)33)11-17-12-21(27)23(22(13-17)34-2)35-14-16-6-4-7-18(28)10-16/h3-13H,14H2,1-2H3,(H,29,31,33)/b20-11+. The summed E-state index contributed by atoms with van der Waals surface area (Å²) in [6.07, 6.45) is 1.37. The van der Waals surface area contributed by atoms with Gasteiger partial charge in [0.15, 0.2) is 11.5 Å². The van der Waals surface area contributed by atoms with E-state index in [-0.39, 0.29) is 18.0 Å². The van der Waals surface area contributed by atoms with Gasteiger partial charge in [-0.2, -0.15) is 0 Å². The Balaban J connectivity index is 1.64. The number of carbonyl (C=O) groups is 3. The average molecular weight is 539 g/mol. The first-order valence-electron chi connectivity index (χ1n) is 10.5. The zero-order valence-corrected chi connectivity index (χ0v) is 20.4. The van der Waals surface area contributed by atoms with Gasteiger partial charge in [-0.05, 0) is 82.0 Å². The van der Waals surface area contributed by atoms with Gasteiger partial charge in [-0.25, -0.2) is 14.1 Å². The summed E-state index contributed by atoms with van der Waals surface area (Å²) in [5.41, 5.74) is 2.09. The van der Waals surface area contributed by atoms with Gasteiger partial charge in [-0.15, -0.1) is 0 Å². The van der Waals surface area contributed by atoms with Crippen molar-refractivity contribution < 1.29 is 28.2 Å². The van der Waals surface area contributed by atoms with Crippen molar-refractivity contribution in [3.63, 3.8) is 0 Å². The molecule has 4 amide bonds. The summed E-state index contributed by atoms with van der Waals surface area (Å²) in [4.78, 5) is 39.0. The molecule has 0 bridgehead atoms. The summed E-state index contributed by atoms with van der Waals surface area (Å²) in [6, 6.07) is 15.3. The summed E-state index contributed by atoms with van der Waals surface area (Å²) < 4.78 is 25.2. The Hall–Kier alpha value is -3.98. The number of ether oxygens (including phenoxy) is 2. The van der Waals surface area contributed by atoms with Crippen LogP contribution < -0.4 is 19.7 Å². The van der Waals surface area contributed by atoms with Crippen LogP contribution in [0, 0.1) is 12.7 Å². The SMILES string of the molecule is COc1cc(/C=C2\C(=O)NC(=O)N(c3cccc(C)c3)C2=O)cc(Br)c1OCc1cccc(F)c1. The summed E-state index contributed by atoms with van der Waals surface area (Å²) in [5, 5.41) is 2.21. The van der Waals surface area contributed by atoms with Crippen molar-refractivity contribution in [3.05, 3.63) is 93.2 Å². The van der Waals surface area contributed by atoms with Crippen molar-refractivity contribution in [3.8, 4) is 11.5 Å². The first kappa shape index (κ1) is 24.2. The van der Waals surface area contributed by atoms with E-state index < -0.39 is 17.8 Å². The molecule has 0 aliphatic carbocycles. The number of imide groups is 2. The molecule has 178 valence electrons. The third kappa shape index (κ3) is 5.25. The van der Waals surface area contributed by atoms with Gasteiger partial charge in [0.1, 0.15) is 18.0 Å². The van der Waals surface area contributed by atoms with E-state index in [4.69, 9.17) is 9.47 Å². The predicted molar refractivity (Wildman–Crippen MR) is 132 cm³/mol. The molecular formula is C26H20BrFN2O5. The number of benzene rings is 3. The fourth-order valence-corrected chi connectivity index (χ4v) is 4.15. The third-order valence-corrected chi connectivity index (χ3v) is 5.79. The molecule has 0 spiro atoms. The fourth-order valence-electron chi connectivity index (χ4n) is 3.57. The largest absolute Gasteiger partial charge is 0.493 e. The van der Waals surface area contributed by atoms with Gasteiger partial charge >= 0.3 is 6.03 Å². The van der Waals surface area contributed by atoms with E-state index >= 15 is 0 Å². The highest BCUT2D eigenvalue weighted by Crippen LogP contribution is 2.38. The van der Waals surface area contributed by atoms with Crippen molar-refractivity contribution in [2.45, 2.75) is 13.5 Å². The van der Waals surface area contributed by atoms with E-state index in [1.807, 2.05) is 13.0 Å². The molecule has 9 heteroatoms.